The largest absolute Gasteiger partial charge is 0.419 e. The van der Waals surface area contributed by atoms with Gasteiger partial charge in [-0.05, 0) is 37.5 Å². The van der Waals surface area contributed by atoms with Crippen LogP contribution in [-0.4, -0.2) is 6.04 Å². The number of nitrogens with two attached hydrogens (primary N) is 1. The Morgan fingerprint density at radius 1 is 1.31 bits per heavy atom. The predicted molar refractivity (Wildman–Crippen MR) is 53.4 cm³/mol. The topological polar surface area (TPSA) is 26.0 Å². The van der Waals surface area contributed by atoms with E-state index >= 15 is 0 Å². The van der Waals surface area contributed by atoms with Gasteiger partial charge in [-0.15, -0.1) is 0 Å². The summed E-state index contributed by atoms with van der Waals surface area (Å²) >= 11 is 0. The molecule has 0 aromatic heterocycles. The average Bonchev–Trinajstić information content (AvgIpc) is 2.14. The van der Waals surface area contributed by atoms with Crippen LogP contribution in [0.2, 0.25) is 0 Å². The van der Waals surface area contributed by atoms with E-state index in [1.54, 1.807) is 6.92 Å². The molecule has 0 bridgehead atoms. The molecule has 1 nitrogen and oxygen atoms in total. The molecule has 0 aliphatic heterocycles. The van der Waals surface area contributed by atoms with Gasteiger partial charge >= 0.3 is 6.18 Å². The van der Waals surface area contributed by atoms with Gasteiger partial charge in [-0.1, -0.05) is 6.07 Å². The highest BCUT2D eigenvalue weighted by Crippen LogP contribution is 2.32. The maximum atomic E-state index is 12.9. The molecule has 2 N–H and O–H groups in total. The fourth-order valence-corrected chi connectivity index (χ4v) is 1.34. The number of halogens is 4. The number of hydrogen-bond donors (Lipinski definition) is 1. The molecule has 0 saturated heterocycles. The zero-order chi connectivity index (χ0) is 12.3. The van der Waals surface area contributed by atoms with Crippen LogP contribution >= 0.6 is 0 Å². The number of aryl methyl sites for hydroxylation is 1. The zero-order valence-electron chi connectivity index (χ0n) is 8.81. The maximum absolute atomic E-state index is 12.9. The highest BCUT2D eigenvalue weighted by molar-refractivity contribution is 5.27. The Balaban J connectivity index is 2.90. The summed E-state index contributed by atoms with van der Waals surface area (Å²) in [7, 11) is 0. The van der Waals surface area contributed by atoms with E-state index in [1.807, 2.05) is 0 Å². The number of alkyl halides is 3. The Kier molecular flexibility index (Phi) is 3.91. The van der Waals surface area contributed by atoms with Crippen LogP contribution in [-0.2, 0) is 12.6 Å². The quantitative estimate of drug-likeness (QED) is 0.800. The lowest BCUT2D eigenvalue weighted by atomic mass is 10.0. The van der Waals surface area contributed by atoms with Crippen LogP contribution in [0, 0.1) is 5.82 Å². The van der Waals surface area contributed by atoms with Crippen LogP contribution in [0.5, 0.6) is 0 Å². The summed E-state index contributed by atoms with van der Waals surface area (Å²) in [6.07, 6.45) is -3.65. The van der Waals surface area contributed by atoms with Gasteiger partial charge in [0.25, 0.3) is 0 Å². The molecule has 0 spiro atoms. The SMILES string of the molecule is CC(N)CCc1ccc(F)c(C(F)(F)F)c1. The summed E-state index contributed by atoms with van der Waals surface area (Å²) in [6, 6.07) is 2.96. The van der Waals surface area contributed by atoms with Gasteiger partial charge in [0, 0.05) is 6.04 Å². The smallest absolute Gasteiger partial charge is 0.328 e. The Morgan fingerprint density at radius 2 is 1.94 bits per heavy atom. The van der Waals surface area contributed by atoms with E-state index in [0.717, 1.165) is 12.1 Å². The van der Waals surface area contributed by atoms with Crippen molar-refractivity contribution in [3.8, 4) is 0 Å². The first-order valence-electron chi connectivity index (χ1n) is 4.92. The van der Waals surface area contributed by atoms with Crippen molar-refractivity contribution in [2.75, 3.05) is 0 Å². The Hall–Kier alpha value is -1.10. The lowest BCUT2D eigenvalue weighted by Crippen LogP contribution is -2.15. The molecule has 16 heavy (non-hydrogen) atoms. The van der Waals surface area contributed by atoms with Crippen molar-refractivity contribution in [1.29, 1.82) is 0 Å². The molecule has 0 heterocycles. The Labute approximate surface area is 91.3 Å². The molecule has 0 fully saturated rings. The summed E-state index contributed by atoms with van der Waals surface area (Å²) in [5.41, 5.74) is 4.73. The summed E-state index contributed by atoms with van der Waals surface area (Å²) < 4.78 is 50.0. The second-order valence-electron chi connectivity index (χ2n) is 3.83. The van der Waals surface area contributed by atoms with Crippen LogP contribution in [0.3, 0.4) is 0 Å². The third-order valence-corrected chi connectivity index (χ3v) is 2.22. The second-order valence-corrected chi connectivity index (χ2v) is 3.83. The van der Waals surface area contributed by atoms with Crippen LogP contribution < -0.4 is 5.73 Å². The molecule has 5 heteroatoms. The molecule has 0 aliphatic carbocycles. The van der Waals surface area contributed by atoms with Crippen molar-refractivity contribution in [2.45, 2.75) is 32.0 Å². The normalized spacial score (nSPS) is 13.9. The minimum absolute atomic E-state index is 0.0839. The van der Waals surface area contributed by atoms with E-state index in [9.17, 15) is 17.6 Å². The predicted octanol–water partition coefficient (Wildman–Crippen LogP) is 3.12. The van der Waals surface area contributed by atoms with Gasteiger partial charge in [0.05, 0.1) is 5.56 Å². The van der Waals surface area contributed by atoms with E-state index in [2.05, 4.69) is 0 Å². The van der Waals surface area contributed by atoms with Gasteiger partial charge in [-0.3, -0.25) is 0 Å². The first-order valence-corrected chi connectivity index (χ1v) is 4.92. The van der Waals surface area contributed by atoms with Gasteiger partial charge in [-0.2, -0.15) is 13.2 Å². The molecular formula is C11H13F4N. The maximum Gasteiger partial charge on any atom is 0.419 e. The molecule has 90 valence electrons. The van der Waals surface area contributed by atoms with Gasteiger partial charge in [0.2, 0.25) is 0 Å². The van der Waals surface area contributed by atoms with Crippen LogP contribution in [0.4, 0.5) is 17.6 Å². The van der Waals surface area contributed by atoms with Gasteiger partial charge in [0.15, 0.2) is 0 Å². The molecular weight excluding hydrogens is 222 g/mol. The minimum atomic E-state index is -4.64. The number of hydrogen-bond acceptors (Lipinski definition) is 1. The van der Waals surface area contributed by atoms with Crippen molar-refractivity contribution >= 4 is 0 Å². The molecule has 0 aliphatic rings. The minimum Gasteiger partial charge on any atom is -0.328 e. The van der Waals surface area contributed by atoms with E-state index in [0.29, 0.717) is 18.4 Å². The van der Waals surface area contributed by atoms with E-state index in [-0.39, 0.29) is 6.04 Å². The lowest BCUT2D eigenvalue weighted by Gasteiger charge is -2.10. The first kappa shape index (κ1) is 13.0. The van der Waals surface area contributed by atoms with E-state index in [4.69, 9.17) is 5.73 Å². The Morgan fingerprint density at radius 3 is 2.44 bits per heavy atom. The molecule has 0 amide bonds. The standard InChI is InChI=1S/C11H13F4N/c1-7(16)2-3-8-4-5-10(12)9(6-8)11(13,14)15/h4-7H,2-3,16H2,1H3. The van der Waals surface area contributed by atoms with Gasteiger partial charge in [-0.25, -0.2) is 4.39 Å². The fraction of sp³-hybridized carbons (Fsp3) is 0.455. The summed E-state index contributed by atoms with van der Waals surface area (Å²) in [5, 5.41) is 0. The van der Waals surface area contributed by atoms with Crippen molar-refractivity contribution in [3.05, 3.63) is 35.1 Å². The second kappa shape index (κ2) is 4.82. The number of benzene rings is 1. The van der Waals surface area contributed by atoms with Crippen molar-refractivity contribution in [1.82, 2.24) is 0 Å². The molecule has 1 atom stereocenters. The summed E-state index contributed by atoms with van der Waals surface area (Å²) in [4.78, 5) is 0. The first-order chi connectivity index (χ1) is 7.30. The lowest BCUT2D eigenvalue weighted by molar-refractivity contribution is -0.140. The average molecular weight is 235 g/mol. The Bertz CT molecular complexity index is 357. The monoisotopic (exact) mass is 235 g/mol. The molecule has 1 aromatic rings. The van der Waals surface area contributed by atoms with Gasteiger partial charge in [0.1, 0.15) is 5.82 Å². The van der Waals surface area contributed by atoms with Crippen LogP contribution in [0.1, 0.15) is 24.5 Å². The highest BCUT2D eigenvalue weighted by Gasteiger charge is 2.34. The highest BCUT2D eigenvalue weighted by atomic mass is 19.4. The fourth-order valence-electron chi connectivity index (χ4n) is 1.34. The number of rotatable bonds is 3. The summed E-state index contributed by atoms with van der Waals surface area (Å²) in [5.74, 6) is -1.24. The van der Waals surface area contributed by atoms with Crippen LogP contribution in [0.15, 0.2) is 18.2 Å². The molecule has 1 unspecified atom stereocenters. The van der Waals surface area contributed by atoms with Crippen LogP contribution in [0.25, 0.3) is 0 Å². The molecule has 0 saturated carbocycles. The third kappa shape index (κ3) is 3.48. The molecule has 1 rings (SSSR count). The molecule has 1 aromatic carbocycles. The third-order valence-electron chi connectivity index (χ3n) is 2.22. The van der Waals surface area contributed by atoms with E-state index in [1.165, 1.54) is 6.07 Å². The molecule has 0 radical (unpaired) electrons. The zero-order valence-corrected chi connectivity index (χ0v) is 8.81. The van der Waals surface area contributed by atoms with Crippen molar-refractivity contribution < 1.29 is 17.6 Å². The van der Waals surface area contributed by atoms with Gasteiger partial charge < -0.3 is 5.73 Å². The summed E-state index contributed by atoms with van der Waals surface area (Å²) in [6.45, 7) is 1.77. The van der Waals surface area contributed by atoms with E-state index < -0.39 is 17.6 Å². The van der Waals surface area contributed by atoms with Crippen molar-refractivity contribution in [2.24, 2.45) is 5.73 Å². The van der Waals surface area contributed by atoms with Crippen molar-refractivity contribution in [3.63, 3.8) is 0 Å².